The molecule has 49 heavy (non-hydrogen) atoms. The Morgan fingerprint density at radius 1 is 0.694 bits per heavy atom. The van der Waals surface area contributed by atoms with Gasteiger partial charge in [-0.2, -0.15) is 0 Å². The Labute approximate surface area is 286 Å². The highest BCUT2D eigenvalue weighted by Crippen LogP contribution is 2.31. The Kier molecular flexibility index (Phi) is 10.3. The maximum absolute atomic E-state index is 12.7. The van der Waals surface area contributed by atoms with Crippen LogP contribution in [0.3, 0.4) is 0 Å². The van der Waals surface area contributed by atoms with Crippen LogP contribution in [-0.2, 0) is 22.6 Å². The average molecular weight is 658 g/mol. The molecule has 0 bridgehead atoms. The molecule has 0 fully saturated rings. The van der Waals surface area contributed by atoms with E-state index < -0.39 is 6.09 Å². The number of ether oxygens (including phenoxy) is 1. The lowest BCUT2D eigenvalue weighted by molar-refractivity contribution is -0.130. The zero-order valence-corrected chi connectivity index (χ0v) is 28.5. The largest absolute Gasteiger partial charge is 0.453 e. The van der Waals surface area contributed by atoms with Crippen molar-refractivity contribution in [1.82, 2.24) is 35.1 Å². The van der Waals surface area contributed by atoms with Gasteiger partial charge in [0.2, 0.25) is 5.91 Å². The molecule has 0 saturated carbocycles. The molecule has 0 unspecified atom stereocenters. The summed E-state index contributed by atoms with van der Waals surface area (Å²) >= 11 is 0. The molecule has 0 aliphatic carbocycles. The Hall–Kier alpha value is -5.48. The van der Waals surface area contributed by atoms with Crippen LogP contribution in [0.15, 0.2) is 85.2 Å². The summed E-state index contributed by atoms with van der Waals surface area (Å²) in [5, 5.41) is 7.10. The van der Waals surface area contributed by atoms with Gasteiger partial charge in [-0.05, 0) is 83.4 Å². The number of hydrogen-bond donors (Lipinski definition) is 3. The molecule has 252 valence electrons. The molecule has 0 saturated heterocycles. The second-order valence-electron chi connectivity index (χ2n) is 12.4. The second kappa shape index (κ2) is 15.2. The lowest BCUT2D eigenvalue weighted by Gasteiger charge is -2.21. The summed E-state index contributed by atoms with van der Waals surface area (Å²) in [4.78, 5) is 44.1. The fourth-order valence-electron chi connectivity index (χ4n) is 6.16. The number of rotatable bonds is 13. The second-order valence-corrected chi connectivity index (χ2v) is 12.4. The monoisotopic (exact) mass is 657 g/mol. The van der Waals surface area contributed by atoms with Gasteiger partial charge < -0.3 is 24.9 Å². The van der Waals surface area contributed by atoms with Crippen LogP contribution in [0.5, 0.6) is 0 Å². The Balaban J connectivity index is 1.15. The Morgan fingerprint density at radius 2 is 1.16 bits per heavy atom. The molecule has 4 aromatic carbocycles. The molecule has 0 atom stereocenters. The third-order valence-corrected chi connectivity index (χ3v) is 8.67. The van der Waals surface area contributed by atoms with Crippen LogP contribution in [0.1, 0.15) is 38.3 Å². The standard InChI is InChI=1S/C39H43N7O3/c1-5-15-45(3)24-36-40-21-34(43-36)32-13-11-28-17-26(7-9-30(28)19-32)27-8-10-31-20-33(14-12-29(31)18-27)35-22-41-37(44-35)25-46(16-6-2)38(47)23-42-39(48)49-4/h7-14,17-22H,5-6,15-16,23-25H2,1-4H3,(H,40,43)(H,41,44)(H,42,48). The van der Waals surface area contributed by atoms with Crippen LogP contribution < -0.4 is 5.32 Å². The van der Waals surface area contributed by atoms with E-state index in [9.17, 15) is 9.59 Å². The van der Waals surface area contributed by atoms with Crippen LogP contribution >= 0.6 is 0 Å². The van der Waals surface area contributed by atoms with E-state index >= 15 is 0 Å². The normalized spacial score (nSPS) is 11.4. The molecule has 2 aromatic heterocycles. The summed E-state index contributed by atoms with van der Waals surface area (Å²) in [6.45, 7) is 6.79. The molecule has 3 N–H and O–H groups in total. The first-order valence-corrected chi connectivity index (χ1v) is 16.8. The quantitative estimate of drug-likeness (QED) is 0.119. The van der Waals surface area contributed by atoms with Gasteiger partial charge in [0.05, 0.1) is 44.0 Å². The van der Waals surface area contributed by atoms with Crippen LogP contribution in [0, 0.1) is 0 Å². The summed E-state index contributed by atoms with van der Waals surface area (Å²) in [5.74, 6) is 1.46. The van der Waals surface area contributed by atoms with Gasteiger partial charge in [0.1, 0.15) is 18.2 Å². The van der Waals surface area contributed by atoms with Gasteiger partial charge in [-0.3, -0.25) is 9.69 Å². The number of nitrogens with one attached hydrogen (secondary N) is 3. The van der Waals surface area contributed by atoms with Crippen molar-refractivity contribution in [3.05, 3.63) is 96.8 Å². The number of nitrogens with zero attached hydrogens (tertiary/aromatic N) is 4. The number of carbonyl (C=O) groups is 2. The molecule has 2 heterocycles. The van der Waals surface area contributed by atoms with E-state index in [1.807, 2.05) is 13.1 Å². The SMILES string of the molecule is CCCN(C)Cc1ncc(-c2ccc3cc(-c4ccc5cc(-c6cnc(CN(CCC)C(=O)CNC(=O)OC)[nH]6)ccc5c4)ccc3c2)[nH]1. The lowest BCUT2D eigenvalue weighted by atomic mass is 9.97. The Bertz CT molecular complexity index is 2080. The first-order valence-electron chi connectivity index (χ1n) is 16.8. The van der Waals surface area contributed by atoms with E-state index in [0.29, 0.717) is 18.9 Å². The topological polar surface area (TPSA) is 119 Å². The highest BCUT2D eigenvalue weighted by Gasteiger charge is 2.17. The number of alkyl carbamates (subject to hydrolysis) is 1. The zero-order valence-electron chi connectivity index (χ0n) is 28.5. The first kappa shape index (κ1) is 33.4. The third-order valence-electron chi connectivity index (χ3n) is 8.67. The van der Waals surface area contributed by atoms with Crippen LogP contribution in [-0.4, -0.2) is 75.5 Å². The van der Waals surface area contributed by atoms with Crippen molar-refractivity contribution in [2.24, 2.45) is 0 Å². The number of aromatic nitrogens is 4. The van der Waals surface area contributed by atoms with Gasteiger partial charge in [-0.1, -0.05) is 62.4 Å². The number of hydrogen-bond acceptors (Lipinski definition) is 6. The van der Waals surface area contributed by atoms with E-state index in [4.69, 9.17) is 0 Å². The number of amides is 2. The molecule has 0 aliphatic heterocycles. The fourth-order valence-corrected chi connectivity index (χ4v) is 6.16. The minimum absolute atomic E-state index is 0.128. The predicted octanol–water partition coefficient (Wildman–Crippen LogP) is 7.38. The maximum Gasteiger partial charge on any atom is 0.407 e. The molecule has 10 heteroatoms. The minimum atomic E-state index is -0.633. The van der Waals surface area contributed by atoms with Crippen molar-refractivity contribution in [3.63, 3.8) is 0 Å². The number of fused-ring (bicyclic) bond motifs is 2. The van der Waals surface area contributed by atoms with Crippen LogP contribution in [0.4, 0.5) is 4.79 Å². The highest BCUT2D eigenvalue weighted by molar-refractivity contribution is 5.94. The van der Waals surface area contributed by atoms with Gasteiger partial charge >= 0.3 is 6.09 Å². The number of imidazole rings is 2. The molecule has 2 amide bonds. The Morgan fingerprint density at radius 3 is 1.65 bits per heavy atom. The van der Waals surface area contributed by atoms with Gasteiger partial charge in [0.15, 0.2) is 0 Å². The van der Waals surface area contributed by atoms with Gasteiger partial charge in [0.25, 0.3) is 0 Å². The number of carbonyl (C=O) groups excluding carboxylic acids is 2. The molecular weight excluding hydrogens is 614 g/mol. The summed E-state index contributed by atoms with van der Waals surface area (Å²) in [6, 6.07) is 26.1. The van der Waals surface area contributed by atoms with Gasteiger partial charge in [-0.25, -0.2) is 14.8 Å². The number of aromatic amines is 2. The summed E-state index contributed by atoms with van der Waals surface area (Å²) < 4.78 is 4.57. The molecule has 0 aliphatic rings. The number of methoxy groups -OCH3 is 1. The van der Waals surface area contributed by atoms with Crippen LogP contribution in [0.25, 0.3) is 55.2 Å². The van der Waals surface area contributed by atoms with E-state index in [2.05, 4.69) is 122 Å². The molecule has 6 aromatic rings. The molecule has 10 nitrogen and oxygen atoms in total. The van der Waals surface area contributed by atoms with Gasteiger partial charge in [-0.15, -0.1) is 0 Å². The van der Waals surface area contributed by atoms with Crippen molar-refractivity contribution >= 4 is 33.5 Å². The van der Waals surface area contributed by atoms with Crippen molar-refractivity contribution in [2.45, 2.75) is 39.8 Å². The third kappa shape index (κ3) is 7.98. The van der Waals surface area contributed by atoms with E-state index in [1.165, 1.54) is 23.4 Å². The van der Waals surface area contributed by atoms with Crippen LogP contribution in [0.2, 0.25) is 0 Å². The summed E-state index contributed by atoms with van der Waals surface area (Å²) in [7, 11) is 3.39. The highest BCUT2D eigenvalue weighted by atomic mass is 16.5. The smallest absolute Gasteiger partial charge is 0.407 e. The van der Waals surface area contributed by atoms with E-state index in [-0.39, 0.29) is 12.5 Å². The molecule has 6 rings (SSSR count). The predicted molar refractivity (Wildman–Crippen MR) is 195 cm³/mol. The van der Waals surface area contributed by atoms with Crippen molar-refractivity contribution in [1.29, 1.82) is 0 Å². The average Bonchev–Trinajstić information content (AvgIpc) is 3.79. The van der Waals surface area contributed by atoms with E-state index in [0.717, 1.165) is 70.6 Å². The minimum Gasteiger partial charge on any atom is -0.453 e. The number of H-pyrrole nitrogens is 2. The lowest BCUT2D eigenvalue weighted by Crippen LogP contribution is -2.40. The van der Waals surface area contributed by atoms with Crippen molar-refractivity contribution in [2.75, 3.05) is 33.8 Å². The van der Waals surface area contributed by atoms with Crippen molar-refractivity contribution < 1.29 is 14.3 Å². The molecule has 0 spiro atoms. The van der Waals surface area contributed by atoms with Crippen molar-refractivity contribution in [3.8, 4) is 33.6 Å². The summed E-state index contributed by atoms with van der Waals surface area (Å²) in [5.41, 5.74) is 6.37. The molecular formula is C39H43N7O3. The fraction of sp³-hybridized carbons (Fsp3) is 0.282. The molecule has 0 radical (unpaired) electrons. The van der Waals surface area contributed by atoms with E-state index in [1.54, 1.807) is 11.1 Å². The van der Waals surface area contributed by atoms with Gasteiger partial charge in [0, 0.05) is 17.7 Å². The first-order chi connectivity index (χ1) is 23.8. The summed E-state index contributed by atoms with van der Waals surface area (Å²) in [6.07, 6.45) is 5.00. The zero-order chi connectivity index (χ0) is 34.3. The number of benzene rings is 4. The maximum atomic E-state index is 12.7.